The minimum absolute atomic E-state index is 0.390. The highest BCUT2D eigenvalue weighted by Gasteiger charge is 2.54. The van der Waals surface area contributed by atoms with Crippen LogP contribution in [0.1, 0.15) is 5.56 Å². The zero-order valence-electron chi connectivity index (χ0n) is 9.14. The molecule has 86 valence electrons. The monoisotopic (exact) mass is 281 g/mol. The Morgan fingerprint density at radius 3 is 2.38 bits per heavy atom. The Morgan fingerprint density at radius 2 is 1.81 bits per heavy atom. The van der Waals surface area contributed by atoms with Crippen LogP contribution in [-0.2, 0) is 6.54 Å². The van der Waals surface area contributed by atoms with Gasteiger partial charge in [-0.05, 0) is 35.4 Å². The molecule has 3 heteroatoms. The number of halogens is 1. The van der Waals surface area contributed by atoms with Gasteiger partial charge in [0.15, 0.2) is 0 Å². The fraction of sp³-hybridized carbons (Fsp3) is 0.538. The predicted molar refractivity (Wildman–Crippen MR) is 67.0 cm³/mol. The molecule has 1 aromatic carbocycles. The highest BCUT2D eigenvalue weighted by atomic mass is 79.9. The van der Waals surface area contributed by atoms with E-state index in [1.807, 2.05) is 0 Å². The number of piperidine rings is 1. The van der Waals surface area contributed by atoms with Gasteiger partial charge in [0.05, 0.1) is 0 Å². The van der Waals surface area contributed by atoms with Crippen LogP contribution in [0.25, 0.3) is 0 Å². The molecule has 2 atom stereocenters. The average molecular weight is 282 g/mol. The first kappa shape index (κ1) is 10.8. The minimum atomic E-state index is 0.390. The van der Waals surface area contributed by atoms with Crippen LogP contribution in [0.4, 0.5) is 0 Å². The molecule has 1 aliphatic carbocycles. The van der Waals surface area contributed by atoms with Crippen molar-refractivity contribution >= 4 is 15.9 Å². The highest BCUT2D eigenvalue weighted by Crippen LogP contribution is 2.51. The van der Waals surface area contributed by atoms with Gasteiger partial charge in [0.25, 0.3) is 0 Å². The Labute approximate surface area is 104 Å². The van der Waals surface area contributed by atoms with E-state index < -0.39 is 0 Å². The second-order valence-electron chi connectivity index (χ2n) is 4.99. The van der Waals surface area contributed by atoms with Crippen molar-refractivity contribution in [2.45, 2.75) is 6.54 Å². The number of benzene rings is 1. The summed E-state index contributed by atoms with van der Waals surface area (Å²) in [5.74, 6) is 2.17. The van der Waals surface area contributed by atoms with Gasteiger partial charge in [0, 0.05) is 30.7 Å². The van der Waals surface area contributed by atoms with Gasteiger partial charge in [-0.25, -0.2) is 0 Å². The lowest BCUT2D eigenvalue weighted by Crippen LogP contribution is -2.24. The molecule has 1 aromatic rings. The van der Waals surface area contributed by atoms with E-state index in [1.165, 1.54) is 18.7 Å². The van der Waals surface area contributed by atoms with Crippen molar-refractivity contribution < 1.29 is 5.11 Å². The maximum absolute atomic E-state index is 9.09. The van der Waals surface area contributed by atoms with Gasteiger partial charge >= 0.3 is 0 Å². The summed E-state index contributed by atoms with van der Waals surface area (Å²) in [6, 6.07) is 8.56. The number of rotatable bonds is 3. The molecule has 0 radical (unpaired) electrons. The maximum atomic E-state index is 9.09. The zero-order valence-corrected chi connectivity index (χ0v) is 10.7. The van der Waals surface area contributed by atoms with E-state index in [0.717, 1.165) is 22.9 Å². The van der Waals surface area contributed by atoms with E-state index in [4.69, 9.17) is 5.11 Å². The van der Waals surface area contributed by atoms with Gasteiger partial charge in [-0.15, -0.1) is 0 Å². The molecule has 1 aliphatic heterocycles. The van der Waals surface area contributed by atoms with E-state index in [-0.39, 0.29) is 0 Å². The molecule has 3 rings (SSSR count). The number of hydrogen-bond acceptors (Lipinski definition) is 2. The second-order valence-corrected chi connectivity index (χ2v) is 5.91. The van der Waals surface area contributed by atoms with Gasteiger partial charge in [0.1, 0.15) is 0 Å². The van der Waals surface area contributed by atoms with Gasteiger partial charge < -0.3 is 5.11 Å². The molecule has 2 nitrogen and oxygen atoms in total. The number of aliphatic hydroxyl groups is 1. The van der Waals surface area contributed by atoms with E-state index in [1.54, 1.807) is 0 Å². The van der Waals surface area contributed by atoms with Crippen molar-refractivity contribution in [1.82, 2.24) is 4.90 Å². The molecule has 0 amide bonds. The van der Waals surface area contributed by atoms with Crippen molar-refractivity contribution in [3.63, 3.8) is 0 Å². The summed E-state index contributed by atoms with van der Waals surface area (Å²) in [5.41, 5.74) is 1.38. The zero-order chi connectivity index (χ0) is 11.1. The Balaban J connectivity index is 1.56. The molecule has 2 fully saturated rings. The number of nitrogens with zero attached hydrogens (tertiary/aromatic N) is 1. The third-order valence-electron chi connectivity index (χ3n) is 3.98. The second kappa shape index (κ2) is 4.13. The van der Waals surface area contributed by atoms with Crippen LogP contribution < -0.4 is 0 Å². The number of likely N-dealkylation sites (tertiary alicyclic amines) is 1. The average Bonchev–Trinajstić information content (AvgIpc) is 2.76. The fourth-order valence-corrected chi connectivity index (χ4v) is 3.25. The lowest BCUT2D eigenvalue weighted by molar-refractivity contribution is 0.217. The Kier molecular flexibility index (Phi) is 2.78. The summed E-state index contributed by atoms with van der Waals surface area (Å²) in [6.45, 7) is 3.79. The SMILES string of the molecule is OCC1C2CN(Cc3ccc(Br)cc3)CC12. The van der Waals surface area contributed by atoms with E-state index in [9.17, 15) is 0 Å². The first-order valence-corrected chi connectivity index (χ1v) is 6.65. The highest BCUT2D eigenvalue weighted by molar-refractivity contribution is 9.10. The van der Waals surface area contributed by atoms with Crippen LogP contribution in [0.2, 0.25) is 0 Å². The number of aliphatic hydroxyl groups excluding tert-OH is 1. The predicted octanol–water partition coefficient (Wildman–Crippen LogP) is 2.12. The molecule has 2 unspecified atom stereocenters. The molecule has 1 saturated heterocycles. The first-order chi connectivity index (χ1) is 7.78. The summed E-state index contributed by atoms with van der Waals surface area (Å²) in [7, 11) is 0. The smallest absolute Gasteiger partial charge is 0.0465 e. The summed E-state index contributed by atoms with van der Waals surface area (Å²) < 4.78 is 1.14. The largest absolute Gasteiger partial charge is 0.396 e. The Bertz CT molecular complexity index is 366. The van der Waals surface area contributed by atoms with Crippen molar-refractivity contribution in [2.75, 3.05) is 19.7 Å². The third kappa shape index (κ3) is 1.92. The molecule has 0 spiro atoms. The van der Waals surface area contributed by atoms with Crippen molar-refractivity contribution in [1.29, 1.82) is 0 Å². The molecular formula is C13H16BrNO. The quantitative estimate of drug-likeness (QED) is 0.918. The fourth-order valence-electron chi connectivity index (χ4n) is 2.98. The summed E-state index contributed by atoms with van der Waals surface area (Å²) in [6.07, 6.45) is 0. The number of hydrogen-bond donors (Lipinski definition) is 1. The maximum Gasteiger partial charge on any atom is 0.0465 e. The molecule has 1 heterocycles. The summed E-state index contributed by atoms with van der Waals surface area (Å²) in [5, 5.41) is 9.09. The molecule has 0 aromatic heterocycles. The minimum Gasteiger partial charge on any atom is -0.396 e. The third-order valence-corrected chi connectivity index (χ3v) is 4.51. The summed E-state index contributed by atoms with van der Waals surface area (Å²) >= 11 is 3.45. The van der Waals surface area contributed by atoms with Crippen LogP contribution in [0, 0.1) is 17.8 Å². The molecule has 2 aliphatic rings. The molecule has 16 heavy (non-hydrogen) atoms. The standard InChI is InChI=1S/C13H16BrNO/c14-10-3-1-9(2-4-10)5-15-6-11-12(7-15)13(11)8-16/h1-4,11-13,16H,5-8H2. The van der Waals surface area contributed by atoms with Crippen LogP contribution in [0.15, 0.2) is 28.7 Å². The van der Waals surface area contributed by atoms with Crippen LogP contribution >= 0.6 is 15.9 Å². The van der Waals surface area contributed by atoms with Gasteiger partial charge in [-0.1, -0.05) is 28.1 Å². The van der Waals surface area contributed by atoms with Gasteiger partial charge in [0.2, 0.25) is 0 Å². The topological polar surface area (TPSA) is 23.5 Å². The van der Waals surface area contributed by atoms with Crippen LogP contribution in [0.5, 0.6) is 0 Å². The normalized spacial score (nSPS) is 32.8. The van der Waals surface area contributed by atoms with Crippen molar-refractivity contribution in [3.05, 3.63) is 34.3 Å². The summed E-state index contributed by atoms with van der Waals surface area (Å²) in [4.78, 5) is 2.50. The first-order valence-electron chi connectivity index (χ1n) is 5.85. The van der Waals surface area contributed by atoms with Crippen LogP contribution in [-0.4, -0.2) is 29.7 Å². The van der Waals surface area contributed by atoms with E-state index in [0.29, 0.717) is 12.5 Å². The molecular weight excluding hydrogens is 266 g/mol. The lowest BCUT2D eigenvalue weighted by atomic mass is 10.2. The van der Waals surface area contributed by atoms with Crippen LogP contribution in [0.3, 0.4) is 0 Å². The Hall–Kier alpha value is -0.380. The Morgan fingerprint density at radius 1 is 1.19 bits per heavy atom. The van der Waals surface area contributed by atoms with E-state index >= 15 is 0 Å². The number of fused-ring (bicyclic) bond motifs is 1. The van der Waals surface area contributed by atoms with E-state index in [2.05, 4.69) is 45.1 Å². The van der Waals surface area contributed by atoms with Gasteiger partial charge in [-0.2, -0.15) is 0 Å². The van der Waals surface area contributed by atoms with Gasteiger partial charge in [-0.3, -0.25) is 4.90 Å². The van der Waals surface area contributed by atoms with Crippen molar-refractivity contribution in [2.24, 2.45) is 17.8 Å². The molecule has 1 saturated carbocycles. The molecule has 0 bridgehead atoms. The lowest BCUT2D eigenvalue weighted by Gasteiger charge is -2.18. The molecule has 1 N–H and O–H groups in total. The van der Waals surface area contributed by atoms with Crippen molar-refractivity contribution in [3.8, 4) is 0 Å².